The van der Waals surface area contributed by atoms with Crippen LogP contribution in [-0.2, 0) is 6.54 Å². The van der Waals surface area contributed by atoms with Gasteiger partial charge in [-0.05, 0) is 38.0 Å². The summed E-state index contributed by atoms with van der Waals surface area (Å²) < 4.78 is 1.74. The predicted octanol–water partition coefficient (Wildman–Crippen LogP) is 4.51. The van der Waals surface area contributed by atoms with Crippen molar-refractivity contribution in [2.45, 2.75) is 52.0 Å². The van der Waals surface area contributed by atoms with Crippen molar-refractivity contribution < 1.29 is 4.79 Å². The monoisotopic (exact) mass is 432 g/mol. The van der Waals surface area contributed by atoms with Crippen LogP contribution in [-0.4, -0.2) is 30.6 Å². The molecular formula is C23H24N6OS. The molecule has 0 spiro atoms. The Morgan fingerprint density at radius 1 is 1.29 bits per heavy atom. The maximum absolute atomic E-state index is 13.2. The molecule has 0 saturated heterocycles. The van der Waals surface area contributed by atoms with Gasteiger partial charge < -0.3 is 5.32 Å². The summed E-state index contributed by atoms with van der Waals surface area (Å²) in [5.74, 6) is 1.36. The van der Waals surface area contributed by atoms with E-state index in [1.807, 2.05) is 36.6 Å². The van der Waals surface area contributed by atoms with E-state index < -0.39 is 0 Å². The van der Waals surface area contributed by atoms with Crippen LogP contribution in [0.3, 0.4) is 0 Å². The maximum atomic E-state index is 13.2. The van der Waals surface area contributed by atoms with Crippen LogP contribution in [0.15, 0.2) is 35.8 Å². The van der Waals surface area contributed by atoms with Gasteiger partial charge in [0.2, 0.25) is 0 Å². The van der Waals surface area contributed by atoms with Crippen LogP contribution in [0.1, 0.15) is 71.0 Å². The van der Waals surface area contributed by atoms with Gasteiger partial charge in [0.15, 0.2) is 11.5 Å². The second-order valence-electron chi connectivity index (χ2n) is 8.27. The largest absolute Gasteiger partial charge is 0.346 e. The van der Waals surface area contributed by atoms with Crippen molar-refractivity contribution in [3.05, 3.63) is 63.5 Å². The lowest BCUT2D eigenvalue weighted by atomic mass is 10.1. The van der Waals surface area contributed by atoms with Gasteiger partial charge in [-0.3, -0.25) is 4.79 Å². The van der Waals surface area contributed by atoms with Gasteiger partial charge in [-0.1, -0.05) is 19.9 Å². The lowest BCUT2D eigenvalue weighted by Crippen LogP contribution is -2.23. The molecule has 1 N–H and O–H groups in total. The van der Waals surface area contributed by atoms with Gasteiger partial charge in [0, 0.05) is 29.1 Å². The first-order valence-corrected chi connectivity index (χ1v) is 11.4. The average Bonchev–Trinajstić information content (AvgIpc) is 3.42. The first-order chi connectivity index (χ1) is 15.0. The molecular weight excluding hydrogens is 408 g/mol. The first kappa shape index (κ1) is 19.8. The minimum atomic E-state index is -0.128. The molecule has 1 saturated carbocycles. The van der Waals surface area contributed by atoms with Crippen LogP contribution in [0.2, 0.25) is 0 Å². The maximum Gasteiger partial charge on any atom is 0.252 e. The minimum Gasteiger partial charge on any atom is -0.346 e. The van der Waals surface area contributed by atoms with Crippen molar-refractivity contribution in [2.75, 3.05) is 0 Å². The van der Waals surface area contributed by atoms with E-state index in [0.29, 0.717) is 35.4 Å². The highest BCUT2D eigenvalue weighted by Crippen LogP contribution is 2.40. The lowest BCUT2D eigenvalue weighted by Gasteiger charge is -2.09. The molecule has 158 valence electrons. The van der Waals surface area contributed by atoms with E-state index in [0.717, 1.165) is 40.3 Å². The molecule has 1 fully saturated rings. The number of nitrogens with zero attached hydrogens (tertiary/aromatic N) is 5. The second kappa shape index (κ2) is 7.85. The van der Waals surface area contributed by atoms with E-state index in [9.17, 15) is 4.79 Å². The Kier molecular flexibility index (Phi) is 5.02. The summed E-state index contributed by atoms with van der Waals surface area (Å²) in [5.41, 5.74) is 3.89. The van der Waals surface area contributed by atoms with Crippen molar-refractivity contribution >= 4 is 28.3 Å². The molecule has 5 rings (SSSR count). The van der Waals surface area contributed by atoms with Gasteiger partial charge in [-0.15, -0.1) is 11.3 Å². The number of aromatic nitrogens is 5. The number of fused-ring (bicyclic) bond motifs is 1. The Morgan fingerprint density at radius 3 is 2.81 bits per heavy atom. The zero-order valence-electron chi connectivity index (χ0n) is 17.8. The standard InChI is InChI=1S/C23H24N6OS/c1-13(2)23-26-16(12-31-23)11-25-22(30)17-10-18(15-7-8-15)27-21-20(17)14(3)28-29(21)19-6-4-5-9-24-19/h4-6,9-10,12-13,15H,7-8,11H2,1-3H3,(H,25,30). The SMILES string of the molecule is Cc1nn(-c2ccccn2)c2nc(C3CC3)cc(C(=O)NCc3csc(C(C)C)n3)c12. The fourth-order valence-electron chi connectivity index (χ4n) is 3.65. The van der Waals surface area contributed by atoms with E-state index in [4.69, 9.17) is 4.98 Å². The van der Waals surface area contributed by atoms with Crippen molar-refractivity contribution in [1.82, 2.24) is 30.0 Å². The highest BCUT2D eigenvalue weighted by atomic mass is 32.1. The predicted molar refractivity (Wildman–Crippen MR) is 121 cm³/mol. The van der Waals surface area contributed by atoms with Crippen LogP contribution < -0.4 is 5.32 Å². The summed E-state index contributed by atoms with van der Waals surface area (Å²) in [6.07, 6.45) is 3.94. The molecule has 4 aromatic rings. The molecule has 7 nitrogen and oxygen atoms in total. The summed E-state index contributed by atoms with van der Waals surface area (Å²) in [6, 6.07) is 7.62. The van der Waals surface area contributed by atoms with Gasteiger partial charge in [-0.25, -0.2) is 15.0 Å². The molecule has 0 atom stereocenters. The Balaban J connectivity index is 1.52. The van der Waals surface area contributed by atoms with Crippen LogP contribution in [0.25, 0.3) is 16.9 Å². The van der Waals surface area contributed by atoms with Crippen molar-refractivity contribution in [1.29, 1.82) is 0 Å². The summed E-state index contributed by atoms with van der Waals surface area (Å²) in [4.78, 5) is 27.2. The molecule has 0 aliphatic heterocycles. The van der Waals surface area contributed by atoms with E-state index >= 15 is 0 Å². The van der Waals surface area contributed by atoms with Gasteiger partial charge in [0.05, 0.1) is 33.9 Å². The molecule has 0 bridgehead atoms. The number of rotatable bonds is 6. The number of nitrogens with one attached hydrogen (secondary N) is 1. The van der Waals surface area contributed by atoms with Crippen LogP contribution >= 0.6 is 11.3 Å². The summed E-state index contributed by atoms with van der Waals surface area (Å²) in [7, 11) is 0. The van der Waals surface area contributed by atoms with Gasteiger partial charge in [0.25, 0.3) is 5.91 Å². The van der Waals surface area contributed by atoms with Gasteiger partial charge >= 0.3 is 0 Å². The number of aryl methyl sites for hydroxylation is 1. The number of thiazole rings is 1. The van der Waals surface area contributed by atoms with Gasteiger partial charge in [-0.2, -0.15) is 9.78 Å². The topological polar surface area (TPSA) is 85.6 Å². The second-order valence-corrected chi connectivity index (χ2v) is 9.16. The highest BCUT2D eigenvalue weighted by Gasteiger charge is 2.29. The fourth-order valence-corrected chi connectivity index (χ4v) is 4.48. The van der Waals surface area contributed by atoms with Crippen molar-refractivity contribution in [3.8, 4) is 5.82 Å². The van der Waals surface area contributed by atoms with Crippen molar-refractivity contribution in [3.63, 3.8) is 0 Å². The fraction of sp³-hybridized carbons (Fsp3) is 0.348. The summed E-state index contributed by atoms with van der Waals surface area (Å²) >= 11 is 1.63. The zero-order chi connectivity index (χ0) is 21.5. The Bertz CT molecular complexity index is 1260. The number of hydrogen-bond donors (Lipinski definition) is 1. The quantitative estimate of drug-likeness (QED) is 0.484. The number of carbonyl (C=O) groups is 1. The first-order valence-electron chi connectivity index (χ1n) is 10.6. The third-order valence-corrected chi connectivity index (χ3v) is 6.63. The molecule has 31 heavy (non-hydrogen) atoms. The Morgan fingerprint density at radius 2 is 2.13 bits per heavy atom. The third-order valence-electron chi connectivity index (χ3n) is 5.43. The molecule has 1 aliphatic carbocycles. The molecule has 4 heterocycles. The summed E-state index contributed by atoms with van der Waals surface area (Å²) in [6.45, 7) is 6.55. The zero-order valence-corrected chi connectivity index (χ0v) is 18.6. The number of amides is 1. The smallest absolute Gasteiger partial charge is 0.252 e. The van der Waals surface area contributed by atoms with Crippen LogP contribution in [0.4, 0.5) is 0 Å². The van der Waals surface area contributed by atoms with Crippen molar-refractivity contribution in [2.24, 2.45) is 0 Å². The number of carbonyl (C=O) groups excluding carboxylic acids is 1. The normalized spacial score (nSPS) is 13.8. The molecule has 1 aliphatic rings. The van der Waals surface area contributed by atoms with Crippen LogP contribution in [0, 0.1) is 6.92 Å². The molecule has 8 heteroatoms. The van der Waals surface area contributed by atoms with Gasteiger partial charge in [0.1, 0.15) is 0 Å². The third kappa shape index (κ3) is 3.83. The minimum absolute atomic E-state index is 0.128. The molecule has 4 aromatic heterocycles. The number of hydrogen-bond acceptors (Lipinski definition) is 6. The summed E-state index contributed by atoms with van der Waals surface area (Å²) in [5, 5.41) is 11.6. The average molecular weight is 433 g/mol. The highest BCUT2D eigenvalue weighted by molar-refractivity contribution is 7.09. The van der Waals surface area contributed by atoms with E-state index in [-0.39, 0.29) is 5.91 Å². The van der Waals surface area contributed by atoms with E-state index in [2.05, 4.69) is 34.2 Å². The van der Waals surface area contributed by atoms with Crippen LogP contribution in [0.5, 0.6) is 0 Å². The molecule has 0 unspecified atom stereocenters. The van der Waals surface area contributed by atoms with E-state index in [1.165, 1.54) is 0 Å². The molecule has 0 radical (unpaired) electrons. The van der Waals surface area contributed by atoms with E-state index in [1.54, 1.807) is 22.2 Å². The lowest BCUT2D eigenvalue weighted by molar-refractivity contribution is 0.0952. The molecule has 0 aromatic carbocycles. The number of pyridine rings is 2. The Hall–Kier alpha value is -3.13. The molecule has 1 amide bonds. The Labute approximate surface area is 184 Å².